The number of hydrogen-bond acceptors (Lipinski definition) is 1. The largest absolute Gasteiger partial charge is 0.344 e. The average Bonchev–Trinajstić information content (AvgIpc) is 2.86. The lowest BCUT2D eigenvalue weighted by atomic mass is 10.2. The highest BCUT2D eigenvalue weighted by Gasteiger charge is 2.15. The second-order valence-electron chi connectivity index (χ2n) is 4.88. The van der Waals surface area contributed by atoms with Crippen molar-refractivity contribution in [1.29, 1.82) is 0 Å². The van der Waals surface area contributed by atoms with Gasteiger partial charge in [-0.2, -0.15) is 0 Å². The number of benzene rings is 1. The van der Waals surface area contributed by atoms with Crippen molar-refractivity contribution in [3.05, 3.63) is 58.3 Å². The fourth-order valence-corrected chi connectivity index (χ4v) is 2.67. The zero-order valence-electron chi connectivity index (χ0n) is 11.8. The Labute approximate surface area is 128 Å². The van der Waals surface area contributed by atoms with Gasteiger partial charge in [-0.1, -0.05) is 35.0 Å². The molecular weight excluding hydrogens is 316 g/mol. The van der Waals surface area contributed by atoms with E-state index in [4.69, 9.17) is 0 Å². The number of nitrogens with zero attached hydrogens (tertiary/aromatic N) is 2. The van der Waals surface area contributed by atoms with E-state index in [9.17, 15) is 4.79 Å². The summed E-state index contributed by atoms with van der Waals surface area (Å²) in [6.07, 6.45) is 2.98. The Balaban J connectivity index is 2.10. The Hall–Kier alpha value is -1.55. The second-order valence-corrected chi connectivity index (χ2v) is 5.79. The molecule has 0 aliphatic rings. The van der Waals surface area contributed by atoms with Gasteiger partial charge in [-0.25, -0.2) is 0 Å². The van der Waals surface area contributed by atoms with Crippen LogP contribution in [0.25, 0.3) is 0 Å². The maximum absolute atomic E-state index is 12.5. The molecule has 0 saturated carbocycles. The van der Waals surface area contributed by atoms with Crippen LogP contribution in [-0.2, 0) is 13.1 Å². The second kappa shape index (κ2) is 6.75. The van der Waals surface area contributed by atoms with Gasteiger partial charge in [-0.15, -0.1) is 0 Å². The molecular formula is C16H19BrN2O. The fraction of sp³-hybridized carbons (Fsp3) is 0.312. The van der Waals surface area contributed by atoms with Crippen LogP contribution in [0.1, 0.15) is 29.4 Å². The monoisotopic (exact) mass is 334 g/mol. The van der Waals surface area contributed by atoms with Crippen LogP contribution in [0.5, 0.6) is 0 Å². The van der Waals surface area contributed by atoms with Crippen molar-refractivity contribution in [2.24, 2.45) is 0 Å². The molecule has 0 saturated heterocycles. The van der Waals surface area contributed by atoms with E-state index in [1.165, 1.54) is 0 Å². The van der Waals surface area contributed by atoms with Gasteiger partial charge in [0.1, 0.15) is 5.69 Å². The van der Waals surface area contributed by atoms with E-state index >= 15 is 0 Å². The molecule has 1 amide bonds. The lowest BCUT2D eigenvalue weighted by Crippen LogP contribution is -2.28. The molecule has 106 valence electrons. The molecule has 0 aliphatic heterocycles. The predicted molar refractivity (Wildman–Crippen MR) is 84.7 cm³/mol. The zero-order chi connectivity index (χ0) is 14.5. The first-order valence-electron chi connectivity index (χ1n) is 6.77. The first-order chi connectivity index (χ1) is 9.61. The van der Waals surface area contributed by atoms with E-state index in [0.29, 0.717) is 6.54 Å². The number of rotatable bonds is 5. The van der Waals surface area contributed by atoms with E-state index in [0.717, 1.165) is 28.7 Å². The fourth-order valence-electron chi connectivity index (χ4n) is 2.22. The van der Waals surface area contributed by atoms with Crippen LogP contribution in [0.15, 0.2) is 47.1 Å². The number of hydrogen-bond donors (Lipinski definition) is 0. The van der Waals surface area contributed by atoms with Gasteiger partial charge < -0.3 is 9.47 Å². The summed E-state index contributed by atoms with van der Waals surface area (Å²) in [4.78, 5) is 14.2. The molecule has 2 rings (SSSR count). The third-order valence-electron chi connectivity index (χ3n) is 3.17. The predicted octanol–water partition coefficient (Wildman–Crippen LogP) is 3.93. The molecule has 1 aromatic heterocycles. The molecule has 0 fully saturated rings. The lowest BCUT2D eigenvalue weighted by molar-refractivity contribution is 0.0774. The number of aryl methyl sites for hydroxylation is 1. The average molecular weight is 335 g/mol. The Morgan fingerprint density at radius 1 is 1.30 bits per heavy atom. The molecule has 1 heterocycles. The summed E-state index contributed by atoms with van der Waals surface area (Å²) in [6.45, 7) is 3.59. The molecule has 0 N–H and O–H groups in total. The van der Waals surface area contributed by atoms with E-state index in [1.807, 2.05) is 54.2 Å². The third kappa shape index (κ3) is 3.51. The quantitative estimate of drug-likeness (QED) is 0.813. The van der Waals surface area contributed by atoms with E-state index in [2.05, 4.69) is 22.9 Å². The summed E-state index contributed by atoms with van der Waals surface area (Å²) in [6, 6.07) is 11.8. The number of halogens is 1. The van der Waals surface area contributed by atoms with E-state index < -0.39 is 0 Å². The van der Waals surface area contributed by atoms with Crippen LogP contribution in [0.3, 0.4) is 0 Å². The maximum Gasteiger partial charge on any atom is 0.270 e. The van der Waals surface area contributed by atoms with Gasteiger partial charge in [0.25, 0.3) is 5.91 Å². The van der Waals surface area contributed by atoms with Crippen molar-refractivity contribution in [1.82, 2.24) is 9.47 Å². The number of aromatic nitrogens is 1. The Bertz CT molecular complexity index is 592. The van der Waals surface area contributed by atoms with Crippen LogP contribution < -0.4 is 0 Å². The number of carbonyl (C=O) groups is 1. The lowest BCUT2D eigenvalue weighted by Gasteiger charge is -2.18. The minimum Gasteiger partial charge on any atom is -0.344 e. The van der Waals surface area contributed by atoms with Crippen LogP contribution >= 0.6 is 15.9 Å². The molecule has 0 aliphatic carbocycles. The molecule has 2 aromatic rings. The normalized spacial score (nSPS) is 10.6. The van der Waals surface area contributed by atoms with Crippen molar-refractivity contribution in [3.63, 3.8) is 0 Å². The Morgan fingerprint density at radius 3 is 2.80 bits per heavy atom. The Morgan fingerprint density at radius 2 is 2.10 bits per heavy atom. The standard InChI is InChI=1S/C16H19BrN2O/c1-3-9-19-10-5-8-15(19)16(20)18(2)12-13-6-4-7-14(17)11-13/h4-8,10-11H,3,9,12H2,1-2H3. The van der Waals surface area contributed by atoms with Crippen molar-refractivity contribution in [3.8, 4) is 0 Å². The first kappa shape index (κ1) is 14.9. The molecule has 0 atom stereocenters. The van der Waals surface area contributed by atoms with Gasteiger partial charge in [0.2, 0.25) is 0 Å². The van der Waals surface area contributed by atoms with Gasteiger partial charge in [0.05, 0.1) is 0 Å². The molecule has 0 spiro atoms. The van der Waals surface area contributed by atoms with Crippen molar-refractivity contribution < 1.29 is 4.79 Å². The zero-order valence-corrected chi connectivity index (χ0v) is 13.4. The molecule has 1 aromatic carbocycles. The smallest absolute Gasteiger partial charge is 0.270 e. The molecule has 4 heteroatoms. The number of amides is 1. The maximum atomic E-state index is 12.5. The highest BCUT2D eigenvalue weighted by Crippen LogP contribution is 2.14. The van der Waals surface area contributed by atoms with Crippen LogP contribution in [-0.4, -0.2) is 22.4 Å². The van der Waals surface area contributed by atoms with Gasteiger partial charge in [-0.3, -0.25) is 4.79 Å². The van der Waals surface area contributed by atoms with Crippen molar-refractivity contribution >= 4 is 21.8 Å². The van der Waals surface area contributed by atoms with Crippen LogP contribution in [0.4, 0.5) is 0 Å². The van der Waals surface area contributed by atoms with Crippen LogP contribution in [0, 0.1) is 0 Å². The highest BCUT2D eigenvalue weighted by atomic mass is 79.9. The van der Waals surface area contributed by atoms with Gasteiger partial charge in [0.15, 0.2) is 0 Å². The molecule has 0 bridgehead atoms. The van der Waals surface area contributed by atoms with Gasteiger partial charge in [-0.05, 0) is 36.2 Å². The summed E-state index contributed by atoms with van der Waals surface area (Å²) in [5, 5.41) is 0. The molecule has 3 nitrogen and oxygen atoms in total. The van der Waals surface area contributed by atoms with Crippen LogP contribution in [0.2, 0.25) is 0 Å². The highest BCUT2D eigenvalue weighted by molar-refractivity contribution is 9.10. The molecule has 20 heavy (non-hydrogen) atoms. The molecule has 0 unspecified atom stereocenters. The van der Waals surface area contributed by atoms with E-state index in [1.54, 1.807) is 4.90 Å². The first-order valence-corrected chi connectivity index (χ1v) is 7.56. The summed E-state index contributed by atoms with van der Waals surface area (Å²) in [5.41, 5.74) is 1.87. The summed E-state index contributed by atoms with van der Waals surface area (Å²) >= 11 is 3.45. The van der Waals surface area contributed by atoms with E-state index in [-0.39, 0.29) is 5.91 Å². The van der Waals surface area contributed by atoms with Crippen molar-refractivity contribution in [2.75, 3.05) is 7.05 Å². The van der Waals surface area contributed by atoms with Gasteiger partial charge in [0, 0.05) is 30.8 Å². The summed E-state index contributed by atoms with van der Waals surface area (Å²) in [7, 11) is 1.84. The van der Waals surface area contributed by atoms with Gasteiger partial charge >= 0.3 is 0 Å². The minimum absolute atomic E-state index is 0.0587. The minimum atomic E-state index is 0.0587. The summed E-state index contributed by atoms with van der Waals surface area (Å²) in [5.74, 6) is 0.0587. The molecule has 0 radical (unpaired) electrons. The number of carbonyl (C=O) groups excluding carboxylic acids is 1. The Kier molecular flexibility index (Phi) is 5.01. The third-order valence-corrected chi connectivity index (χ3v) is 3.66. The summed E-state index contributed by atoms with van der Waals surface area (Å²) < 4.78 is 3.05. The van der Waals surface area contributed by atoms with Crippen molar-refractivity contribution in [2.45, 2.75) is 26.4 Å². The topological polar surface area (TPSA) is 25.2 Å². The SMILES string of the molecule is CCCn1cccc1C(=O)N(C)Cc1cccc(Br)c1.